The summed E-state index contributed by atoms with van der Waals surface area (Å²) >= 11 is 0. The van der Waals surface area contributed by atoms with Crippen molar-refractivity contribution in [1.29, 1.82) is 0 Å². The molecule has 0 aromatic rings. The van der Waals surface area contributed by atoms with Gasteiger partial charge in [-0.05, 0) is 38.6 Å². The Hall–Kier alpha value is -0.0700. The van der Waals surface area contributed by atoms with Gasteiger partial charge in [-0.1, -0.05) is 0 Å². The van der Waals surface area contributed by atoms with Crippen molar-refractivity contribution in [2.45, 2.75) is 37.8 Å². The van der Waals surface area contributed by atoms with Crippen LogP contribution in [0.1, 0.15) is 25.7 Å². The van der Waals surface area contributed by atoms with Crippen LogP contribution in [0.25, 0.3) is 0 Å². The van der Waals surface area contributed by atoms with E-state index in [2.05, 4.69) is 17.3 Å². The number of carbonyl (C=O) groups excluding carboxylic acids is 1. The Balaban J connectivity index is 0.00000180. The van der Waals surface area contributed by atoms with Gasteiger partial charge in [-0.2, -0.15) is 0 Å². The molecule has 2 rings (SSSR count). The third-order valence-electron chi connectivity index (χ3n) is 4.01. The van der Waals surface area contributed by atoms with Crippen LogP contribution in [0.2, 0.25) is 0 Å². The highest BCUT2D eigenvalue weighted by molar-refractivity contribution is 5.85. The van der Waals surface area contributed by atoms with Gasteiger partial charge in [0.15, 0.2) is 0 Å². The lowest BCUT2D eigenvalue weighted by atomic mass is 9.92. The van der Waals surface area contributed by atoms with Gasteiger partial charge in [0.2, 0.25) is 5.91 Å². The molecule has 1 atom stereocenters. The minimum atomic E-state index is -0.375. The van der Waals surface area contributed by atoms with Gasteiger partial charge >= 0.3 is 0 Å². The van der Waals surface area contributed by atoms with Gasteiger partial charge in [0.05, 0.1) is 6.04 Å². The fourth-order valence-electron chi connectivity index (χ4n) is 2.46. The molecule has 0 bridgehead atoms. The zero-order chi connectivity index (χ0) is 13.0. The number of halogens is 2. The second kappa shape index (κ2) is 9.79. The monoisotopic (exact) mass is 327 g/mol. The molecule has 1 amide bonds. The lowest BCUT2D eigenvalue weighted by molar-refractivity contribution is -0.124. The van der Waals surface area contributed by atoms with Crippen molar-refractivity contribution in [3.63, 3.8) is 0 Å². The van der Waals surface area contributed by atoms with Gasteiger partial charge < -0.3 is 20.7 Å². The summed E-state index contributed by atoms with van der Waals surface area (Å²) in [4.78, 5) is 14.2. The number of hydrogen-bond donors (Lipinski definition) is 2. The highest BCUT2D eigenvalue weighted by Crippen LogP contribution is 2.24. The molecule has 1 saturated carbocycles. The van der Waals surface area contributed by atoms with E-state index in [1.807, 2.05) is 0 Å². The Morgan fingerprint density at radius 2 is 1.90 bits per heavy atom. The van der Waals surface area contributed by atoms with Crippen molar-refractivity contribution in [2.75, 3.05) is 33.4 Å². The molecule has 1 aliphatic carbocycles. The molecule has 2 aliphatic rings. The number of amides is 1. The summed E-state index contributed by atoms with van der Waals surface area (Å²) < 4.78 is 5.28. The van der Waals surface area contributed by atoms with Crippen LogP contribution in [0.3, 0.4) is 0 Å². The lowest BCUT2D eigenvalue weighted by Gasteiger charge is -2.27. The first-order valence-corrected chi connectivity index (χ1v) is 7.00. The third-order valence-corrected chi connectivity index (χ3v) is 4.01. The molecule has 0 aromatic carbocycles. The molecule has 2 fully saturated rings. The largest absolute Gasteiger partial charge is 0.381 e. The number of likely N-dealkylation sites (N-methyl/N-ethyl adjacent to an activating group) is 1. The number of nitrogens with zero attached hydrogens (tertiary/aromatic N) is 1. The molecular weight excluding hydrogens is 301 g/mol. The number of nitrogens with one attached hydrogen (secondary N) is 1. The molecule has 0 aromatic heterocycles. The zero-order valence-corrected chi connectivity index (χ0v) is 13.7. The Bertz CT molecular complexity index is 285. The quantitative estimate of drug-likeness (QED) is 0.757. The van der Waals surface area contributed by atoms with Gasteiger partial charge in [-0.15, -0.1) is 24.8 Å². The summed E-state index contributed by atoms with van der Waals surface area (Å²) in [6, 6.07) is 0.367. The molecule has 1 saturated heterocycles. The predicted molar refractivity (Wildman–Crippen MR) is 84.7 cm³/mol. The van der Waals surface area contributed by atoms with Crippen molar-refractivity contribution in [1.82, 2.24) is 10.2 Å². The van der Waals surface area contributed by atoms with E-state index in [4.69, 9.17) is 10.5 Å². The number of ether oxygens (including phenoxy) is 1. The van der Waals surface area contributed by atoms with Crippen LogP contribution in [0.5, 0.6) is 0 Å². The van der Waals surface area contributed by atoms with E-state index in [1.165, 1.54) is 12.8 Å². The van der Waals surface area contributed by atoms with Crippen LogP contribution in [0.4, 0.5) is 0 Å². The van der Waals surface area contributed by atoms with Gasteiger partial charge in [-0.3, -0.25) is 4.79 Å². The van der Waals surface area contributed by atoms with E-state index in [9.17, 15) is 4.79 Å². The van der Waals surface area contributed by atoms with E-state index in [0.29, 0.717) is 6.54 Å². The topological polar surface area (TPSA) is 67.6 Å². The molecule has 3 N–H and O–H groups in total. The van der Waals surface area contributed by atoms with Crippen LogP contribution in [-0.2, 0) is 9.53 Å². The first kappa shape index (κ1) is 19.9. The predicted octanol–water partition coefficient (Wildman–Crippen LogP) is 0.794. The third kappa shape index (κ3) is 6.14. The maximum absolute atomic E-state index is 11.9. The average Bonchev–Trinajstić information content (AvgIpc) is 3.23. The van der Waals surface area contributed by atoms with Crippen LogP contribution in [0, 0.1) is 5.92 Å². The lowest BCUT2D eigenvalue weighted by Crippen LogP contribution is -2.48. The number of carbonyl (C=O) groups is 1. The van der Waals surface area contributed by atoms with Crippen LogP contribution in [-0.4, -0.2) is 56.2 Å². The van der Waals surface area contributed by atoms with Crippen LogP contribution in [0.15, 0.2) is 0 Å². The number of rotatable bonds is 6. The van der Waals surface area contributed by atoms with E-state index < -0.39 is 0 Å². The summed E-state index contributed by atoms with van der Waals surface area (Å²) in [7, 11) is 2.11. The summed E-state index contributed by atoms with van der Waals surface area (Å²) in [5.41, 5.74) is 6.00. The average molecular weight is 328 g/mol. The maximum Gasteiger partial charge on any atom is 0.237 e. The molecule has 5 nitrogen and oxygen atoms in total. The highest BCUT2D eigenvalue weighted by atomic mass is 35.5. The van der Waals surface area contributed by atoms with Crippen LogP contribution < -0.4 is 11.1 Å². The number of hydrogen-bond acceptors (Lipinski definition) is 4. The molecule has 1 heterocycles. The second-order valence-corrected chi connectivity index (χ2v) is 5.48. The minimum absolute atomic E-state index is 0. The normalized spacial score (nSPS) is 20.8. The fraction of sp³-hybridized carbons (Fsp3) is 0.923. The smallest absolute Gasteiger partial charge is 0.237 e. The highest BCUT2D eigenvalue weighted by Gasteiger charge is 2.27. The molecular formula is C13H27Cl2N3O2. The van der Waals surface area contributed by atoms with Gasteiger partial charge in [0.25, 0.3) is 0 Å². The molecule has 120 valence electrons. The first-order chi connectivity index (χ1) is 8.68. The van der Waals surface area contributed by atoms with Crippen molar-refractivity contribution >= 4 is 30.7 Å². The molecule has 1 unspecified atom stereocenters. The van der Waals surface area contributed by atoms with E-state index in [-0.39, 0.29) is 42.7 Å². The summed E-state index contributed by atoms with van der Waals surface area (Å²) in [6.07, 6.45) is 4.39. The fourth-order valence-corrected chi connectivity index (χ4v) is 2.46. The van der Waals surface area contributed by atoms with Gasteiger partial charge in [0, 0.05) is 32.3 Å². The summed E-state index contributed by atoms with van der Waals surface area (Å²) in [5, 5.41) is 2.95. The first-order valence-electron chi connectivity index (χ1n) is 7.00. The Morgan fingerprint density at radius 1 is 1.30 bits per heavy atom. The molecule has 0 radical (unpaired) electrons. The van der Waals surface area contributed by atoms with Gasteiger partial charge in [0.1, 0.15) is 0 Å². The summed E-state index contributed by atoms with van der Waals surface area (Å²) in [5.74, 6) is 0.269. The number of nitrogens with two attached hydrogens (primary N) is 1. The molecule has 0 spiro atoms. The summed E-state index contributed by atoms with van der Waals surface area (Å²) in [6.45, 7) is 3.08. The standard InChI is InChI=1S/C13H25N3O2.2ClH/c1-16(11-2-3-11)7-6-15-13(17)12(14)10-4-8-18-9-5-10;;/h10-12H,2-9,14H2,1H3,(H,15,17);2*1H. The van der Waals surface area contributed by atoms with Crippen molar-refractivity contribution in [2.24, 2.45) is 11.7 Å². The van der Waals surface area contributed by atoms with E-state index in [0.717, 1.165) is 38.6 Å². The zero-order valence-electron chi connectivity index (χ0n) is 12.0. The maximum atomic E-state index is 11.9. The van der Waals surface area contributed by atoms with Crippen molar-refractivity contribution in [3.05, 3.63) is 0 Å². The Morgan fingerprint density at radius 3 is 2.45 bits per heavy atom. The second-order valence-electron chi connectivity index (χ2n) is 5.48. The molecule has 20 heavy (non-hydrogen) atoms. The molecule has 1 aliphatic heterocycles. The van der Waals surface area contributed by atoms with Crippen LogP contribution >= 0.6 is 24.8 Å². The van der Waals surface area contributed by atoms with E-state index >= 15 is 0 Å². The van der Waals surface area contributed by atoms with E-state index in [1.54, 1.807) is 0 Å². The molecule has 7 heteroatoms. The minimum Gasteiger partial charge on any atom is -0.381 e. The Labute approximate surface area is 133 Å². The van der Waals surface area contributed by atoms with Gasteiger partial charge in [-0.25, -0.2) is 0 Å². The Kier molecular flexibility index (Phi) is 9.76. The van der Waals surface area contributed by atoms with Crippen molar-refractivity contribution in [3.8, 4) is 0 Å². The van der Waals surface area contributed by atoms with Crippen molar-refractivity contribution < 1.29 is 9.53 Å². The SMILES string of the molecule is CN(CCNC(=O)C(N)C1CCOCC1)C1CC1.Cl.Cl.